The van der Waals surface area contributed by atoms with Crippen LogP contribution >= 0.6 is 0 Å². The Labute approximate surface area is 186 Å². The maximum atomic E-state index is 12.4. The molecule has 0 aromatic heterocycles. The van der Waals surface area contributed by atoms with Gasteiger partial charge in [-0.1, -0.05) is 30.3 Å². The van der Waals surface area contributed by atoms with E-state index in [2.05, 4.69) is 11.8 Å². The van der Waals surface area contributed by atoms with E-state index >= 15 is 0 Å². The van der Waals surface area contributed by atoms with Gasteiger partial charge in [-0.05, 0) is 52.0 Å². The van der Waals surface area contributed by atoms with Gasteiger partial charge >= 0.3 is 12.2 Å². The Morgan fingerprint density at radius 3 is 2.29 bits per heavy atom. The Kier molecular flexibility index (Phi) is 7.81. The minimum absolute atomic E-state index is 0.136. The summed E-state index contributed by atoms with van der Waals surface area (Å²) < 4.78 is 11.0. The molecule has 0 N–H and O–H groups in total. The van der Waals surface area contributed by atoms with E-state index in [-0.39, 0.29) is 18.2 Å². The molecule has 7 nitrogen and oxygen atoms in total. The lowest BCUT2D eigenvalue weighted by atomic mass is 9.96. The predicted molar refractivity (Wildman–Crippen MR) is 120 cm³/mol. The van der Waals surface area contributed by atoms with Crippen LogP contribution < -0.4 is 0 Å². The Balaban J connectivity index is 1.37. The molecule has 0 unspecified atom stereocenters. The molecule has 2 saturated heterocycles. The van der Waals surface area contributed by atoms with Gasteiger partial charge in [-0.2, -0.15) is 0 Å². The summed E-state index contributed by atoms with van der Waals surface area (Å²) in [4.78, 5) is 30.9. The molecule has 1 atom stereocenters. The first-order chi connectivity index (χ1) is 14.7. The number of hydrogen-bond acceptors (Lipinski definition) is 5. The zero-order chi connectivity index (χ0) is 22.4. The number of amides is 2. The van der Waals surface area contributed by atoms with Crippen LogP contribution in [-0.4, -0.2) is 77.8 Å². The van der Waals surface area contributed by atoms with Crippen LogP contribution in [0.5, 0.6) is 0 Å². The molecule has 1 aromatic rings. The van der Waals surface area contributed by atoms with Gasteiger partial charge in [0.05, 0.1) is 0 Å². The Bertz CT molecular complexity index is 726. The topological polar surface area (TPSA) is 62.3 Å². The van der Waals surface area contributed by atoms with Crippen LogP contribution in [0.15, 0.2) is 30.3 Å². The molecule has 0 radical (unpaired) electrons. The van der Waals surface area contributed by atoms with E-state index in [4.69, 9.17) is 9.47 Å². The molecule has 0 saturated carbocycles. The predicted octanol–water partition coefficient (Wildman–Crippen LogP) is 3.98. The van der Waals surface area contributed by atoms with Gasteiger partial charge in [0.2, 0.25) is 0 Å². The third kappa shape index (κ3) is 7.13. The maximum Gasteiger partial charge on any atom is 0.410 e. The van der Waals surface area contributed by atoms with Gasteiger partial charge in [-0.3, -0.25) is 4.90 Å². The highest BCUT2D eigenvalue weighted by Gasteiger charge is 2.32. The first-order valence-corrected chi connectivity index (χ1v) is 11.4. The van der Waals surface area contributed by atoms with Crippen LogP contribution in [0.1, 0.15) is 46.1 Å². The van der Waals surface area contributed by atoms with Crippen molar-refractivity contribution in [3.63, 3.8) is 0 Å². The Morgan fingerprint density at radius 2 is 1.68 bits per heavy atom. The number of ether oxygens (including phenoxy) is 2. The van der Waals surface area contributed by atoms with Crippen LogP contribution in [0.2, 0.25) is 0 Å². The highest BCUT2D eigenvalue weighted by Crippen LogP contribution is 2.22. The maximum absolute atomic E-state index is 12.4. The first kappa shape index (κ1) is 23.4. The summed E-state index contributed by atoms with van der Waals surface area (Å²) in [6.45, 7) is 13.0. The summed E-state index contributed by atoms with van der Waals surface area (Å²) in [6, 6.07) is 9.91. The lowest BCUT2D eigenvalue weighted by Gasteiger charge is -2.42. The van der Waals surface area contributed by atoms with Crippen LogP contribution in [0.25, 0.3) is 0 Å². The van der Waals surface area contributed by atoms with Gasteiger partial charge in [0, 0.05) is 45.3 Å². The lowest BCUT2D eigenvalue weighted by molar-refractivity contribution is -0.00148. The van der Waals surface area contributed by atoms with Crippen LogP contribution in [0, 0.1) is 5.92 Å². The number of carbonyl (C=O) groups excluding carboxylic acids is 2. The van der Waals surface area contributed by atoms with Crippen molar-refractivity contribution in [1.29, 1.82) is 0 Å². The summed E-state index contributed by atoms with van der Waals surface area (Å²) in [7, 11) is 0. The van der Waals surface area contributed by atoms with E-state index in [1.165, 1.54) is 0 Å². The number of piperazine rings is 1. The molecule has 172 valence electrons. The smallest absolute Gasteiger partial charge is 0.410 e. The third-order valence-electron chi connectivity index (χ3n) is 5.93. The van der Waals surface area contributed by atoms with Crippen molar-refractivity contribution in [3.05, 3.63) is 35.9 Å². The zero-order valence-electron chi connectivity index (χ0n) is 19.4. The van der Waals surface area contributed by atoms with E-state index in [1.807, 2.05) is 60.9 Å². The molecule has 2 heterocycles. The number of hydrogen-bond donors (Lipinski definition) is 0. The summed E-state index contributed by atoms with van der Waals surface area (Å²) in [5.41, 5.74) is 0.537. The van der Waals surface area contributed by atoms with Crippen molar-refractivity contribution in [3.8, 4) is 0 Å². The highest BCUT2D eigenvalue weighted by molar-refractivity contribution is 5.68. The van der Waals surface area contributed by atoms with E-state index in [0.29, 0.717) is 19.1 Å². The van der Waals surface area contributed by atoms with E-state index in [9.17, 15) is 9.59 Å². The van der Waals surface area contributed by atoms with Crippen LogP contribution in [-0.2, 0) is 16.1 Å². The molecule has 2 fully saturated rings. The van der Waals surface area contributed by atoms with Crippen molar-refractivity contribution in [2.24, 2.45) is 5.92 Å². The quantitative estimate of drug-likeness (QED) is 0.722. The van der Waals surface area contributed by atoms with Crippen molar-refractivity contribution in [2.45, 2.75) is 58.8 Å². The number of piperidine rings is 1. The molecular weight excluding hydrogens is 394 g/mol. The Hall–Kier alpha value is -2.28. The molecule has 7 heteroatoms. The normalized spacial score (nSPS) is 21.1. The molecular formula is C24H37N3O4. The standard InChI is InChI=1S/C24H37N3O4/c1-19-16-25(14-15-27(19)23(29)31-24(2,3)4)17-20-10-12-26(13-11-20)22(28)30-18-21-8-6-5-7-9-21/h5-9,19-20H,10-18H2,1-4H3/t19-/m0/s1. The summed E-state index contributed by atoms with van der Waals surface area (Å²) >= 11 is 0. The molecule has 2 aliphatic rings. The molecule has 2 amide bonds. The minimum Gasteiger partial charge on any atom is -0.445 e. The molecule has 2 aliphatic heterocycles. The van der Waals surface area contributed by atoms with E-state index < -0.39 is 5.60 Å². The second-order valence-corrected chi connectivity index (χ2v) is 9.75. The molecule has 0 bridgehead atoms. The van der Waals surface area contributed by atoms with E-state index in [0.717, 1.165) is 51.1 Å². The van der Waals surface area contributed by atoms with E-state index in [1.54, 1.807) is 0 Å². The van der Waals surface area contributed by atoms with Gasteiger partial charge < -0.3 is 19.3 Å². The van der Waals surface area contributed by atoms with Gasteiger partial charge in [-0.15, -0.1) is 0 Å². The highest BCUT2D eigenvalue weighted by atomic mass is 16.6. The molecule has 31 heavy (non-hydrogen) atoms. The van der Waals surface area contributed by atoms with Crippen molar-refractivity contribution in [2.75, 3.05) is 39.3 Å². The molecule has 0 aliphatic carbocycles. The van der Waals surface area contributed by atoms with Crippen molar-refractivity contribution < 1.29 is 19.1 Å². The first-order valence-electron chi connectivity index (χ1n) is 11.4. The van der Waals surface area contributed by atoms with Crippen LogP contribution in [0.4, 0.5) is 9.59 Å². The zero-order valence-corrected chi connectivity index (χ0v) is 19.4. The SMILES string of the molecule is C[C@H]1CN(CC2CCN(C(=O)OCc3ccccc3)CC2)CCN1C(=O)OC(C)(C)C. The fourth-order valence-electron chi connectivity index (χ4n) is 4.26. The fourth-order valence-corrected chi connectivity index (χ4v) is 4.26. The summed E-state index contributed by atoms with van der Waals surface area (Å²) in [6.07, 6.45) is 1.53. The molecule has 1 aromatic carbocycles. The number of rotatable bonds is 4. The van der Waals surface area contributed by atoms with Gasteiger partial charge in [0.1, 0.15) is 12.2 Å². The fraction of sp³-hybridized carbons (Fsp3) is 0.667. The number of carbonyl (C=O) groups is 2. The summed E-state index contributed by atoms with van der Waals surface area (Å²) in [5, 5.41) is 0. The minimum atomic E-state index is -0.468. The Morgan fingerprint density at radius 1 is 1.00 bits per heavy atom. The monoisotopic (exact) mass is 431 g/mol. The van der Waals surface area contributed by atoms with Crippen molar-refractivity contribution >= 4 is 12.2 Å². The average molecular weight is 432 g/mol. The van der Waals surface area contributed by atoms with Gasteiger partial charge in [0.25, 0.3) is 0 Å². The second-order valence-electron chi connectivity index (χ2n) is 9.75. The number of likely N-dealkylation sites (tertiary alicyclic amines) is 1. The average Bonchev–Trinajstić information content (AvgIpc) is 2.72. The number of nitrogens with zero attached hydrogens (tertiary/aromatic N) is 3. The second kappa shape index (κ2) is 10.4. The van der Waals surface area contributed by atoms with Crippen molar-refractivity contribution in [1.82, 2.24) is 14.7 Å². The largest absolute Gasteiger partial charge is 0.445 e. The van der Waals surface area contributed by atoms with Gasteiger partial charge in [0.15, 0.2) is 0 Å². The summed E-state index contributed by atoms with van der Waals surface area (Å²) in [5.74, 6) is 0.568. The number of benzene rings is 1. The van der Waals surface area contributed by atoms with Gasteiger partial charge in [-0.25, -0.2) is 9.59 Å². The lowest BCUT2D eigenvalue weighted by Crippen LogP contribution is -2.56. The molecule has 0 spiro atoms. The molecule has 3 rings (SSSR count). The third-order valence-corrected chi connectivity index (χ3v) is 5.93. The van der Waals surface area contributed by atoms with Crippen LogP contribution in [0.3, 0.4) is 0 Å².